The molecule has 0 aliphatic heterocycles. The largest absolute Gasteiger partial charge is 0.492 e. The van der Waals surface area contributed by atoms with Gasteiger partial charge in [0.15, 0.2) is 5.11 Å². The van der Waals surface area contributed by atoms with Gasteiger partial charge >= 0.3 is 0 Å². The summed E-state index contributed by atoms with van der Waals surface area (Å²) >= 11 is 10.5. The molecule has 8 heteroatoms. The van der Waals surface area contributed by atoms with Gasteiger partial charge in [0.1, 0.15) is 10.8 Å². The number of aryl methyl sites for hydroxylation is 1. The minimum atomic E-state index is -0.292. The van der Waals surface area contributed by atoms with Crippen molar-refractivity contribution in [3.63, 3.8) is 0 Å². The zero-order valence-electron chi connectivity index (χ0n) is 18.9. The summed E-state index contributed by atoms with van der Waals surface area (Å²) in [6, 6.07) is 19.3. The number of thiocarbonyl (C=S) groups is 1. The summed E-state index contributed by atoms with van der Waals surface area (Å²) < 4.78 is 7.62. The van der Waals surface area contributed by atoms with Crippen molar-refractivity contribution in [1.29, 1.82) is 0 Å². The molecule has 174 valence electrons. The van der Waals surface area contributed by atoms with Gasteiger partial charge in [-0.3, -0.25) is 10.1 Å². The second kappa shape index (κ2) is 11.1. The molecule has 1 amide bonds. The maximum atomic E-state index is 12.6. The molecule has 0 bridgehead atoms. The lowest BCUT2D eigenvalue weighted by atomic mass is 10.2. The summed E-state index contributed by atoms with van der Waals surface area (Å²) in [4.78, 5) is 17.3. The zero-order chi connectivity index (χ0) is 24.1. The highest BCUT2D eigenvalue weighted by atomic mass is 79.9. The molecule has 34 heavy (non-hydrogen) atoms. The van der Waals surface area contributed by atoms with Crippen LogP contribution < -0.4 is 15.4 Å². The Morgan fingerprint density at radius 3 is 2.65 bits per heavy atom. The molecule has 0 spiro atoms. The number of carbonyl (C=O) groups is 1. The quantitative estimate of drug-likeness (QED) is 0.185. The lowest BCUT2D eigenvalue weighted by Crippen LogP contribution is -2.34. The van der Waals surface area contributed by atoms with Crippen molar-refractivity contribution in [2.75, 3.05) is 11.9 Å². The Bertz CT molecular complexity index is 1340. The van der Waals surface area contributed by atoms with Gasteiger partial charge in [0.25, 0.3) is 5.91 Å². The Morgan fingerprint density at radius 2 is 1.91 bits per heavy atom. The first-order valence-electron chi connectivity index (χ1n) is 11.0. The third-order valence-electron chi connectivity index (χ3n) is 5.11. The summed E-state index contributed by atoms with van der Waals surface area (Å²) in [5.41, 5.74) is 4.53. The van der Waals surface area contributed by atoms with E-state index in [1.165, 1.54) is 10.3 Å². The van der Waals surface area contributed by atoms with Gasteiger partial charge in [-0.05, 0) is 102 Å². The van der Waals surface area contributed by atoms with Crippen LogP contribution in [-0.4, -0.2) is 22.6 Å². The van der Waals surface area contributed by atoms with Gasteiger partial charge in [-0.25, -0.2) is 4.98 Å². The number of anilines is 1. The first-order valence-corrected chi connectivity index (χ1v) is 13.0. The number of benzene rings is 3. The van der Waals surface area contributed by atoms with Crippen molar-refractivity contribution >= 4 is 66.4 Å². The average molecular weight is 555 g/mol. The molecular formula is C26H24BrN3O2S2. The molecule has 4 rings (SSSR count). The van der Waals surface area contributed by atoms with Gasteiger partial charge in [0.2, 0.25) is 0 Å². The molecule has 3 aromatic carbocycles. The second-order valence-electron chi connectivity index (χ2n) is 7.82. The smallest absolute Gasteiger partial charge is 0.257 e. The molecular weight excluding hydrogens is 530 g/mol. The highest BCUT2D eigenvalue weighted by Gasteiger charge is 2.12. The number of halogens is 1. The SMILES string of the molecule is CCCCOc1ccc(C(=O)NC(=S)Nc2ccc(-c3nc4ccc(C)cc4s3)cc2)cc1Br. The van der Waals surface area contributed by atoms with Crippen LogP contribution in [0.25, 0.3) is 20.8 Å². The fourth-order valence-electron chi connectivity index (χ4n) is 3.27. The third kappa shape index (κ3) is 6.00. The van der Waals surface area contributed by atoms with E-state index in [0.29, 0.717) is 17.9 Å². The molecule has 0 radical (unpaired) electrons. The van der Waals surface area contributed by atoms with Crippen molar-refractivity contribution in [1.82, 2.24) is 10.3 Å². The highest BCUT2D eigenvalue weighted by Crippen LogP contribution is 2.31. The van der Waals surface area contributed by atoms with Gasteiger partial charge in [0, 0.05) is 16.8 Å². The van der Waals surface area contributed by atoms with E-state index >= 15 is 0 Å². The van der Waals surface area contributed by atoms with Gasteiger partial charge < -0.3 is 10.1 Å². The van der Waals surface area contributed by atoms with Gasteiger partial charge in [-0.1, -0.05) is 19.4 Å². The number of hydrogen-bond acceptors (Lipinski definition) is 5. The van der Waals surface area contributed by atoms with Crippen LogP contribution >= 0.6 is 39.5 Å². The average Bonchev–Trinajstić information content (AvgIpc) is 3.23. The molecule has 0 atom stereocenters. The Balaban J connectivity index is 1.36. The maximum Gasteiger partial charge on any atom is 0.257 e. The minimum Gasteiger partial charge on any atom is -0.492 e. The van der Waals surface area contributed by atoms with E-state index in [0.717, 1.165) is 39.1 Å². The van der Waals surface area contributed by atoms with Crippen LogP contribution in [0.15, 0.2) is 65.1 Å². The lowest BCUT2D eigenvalue weighted by molar-refractivity contribution is 0.0977. The summed E-state index contributed by atoms with van der Waals surface area (Å²) in [6.45, 7) is 4.84. The van der Waals surface area contributed by atoms with Crippen LogP contribution in [0.5, 0.6) is 5.75 Å². The predicted octanol–water partition coefficient (Wildman–Crippen LogP) is 7.34. The normalized spacial score (nSPS) is 10.8. The zero-order valence-corrected chi connectivity index (χ0v) is 22.1. The molecule has 4 aromatic rings. The molecule has 2 N–H and O–H groups in total. The molecule has 0 unspecified atom stereocenters. The van der Waals surface area contributed by atoms with Crippen molar-refractivity contribution in [3.8, 4) is 16.3 Å². The van der Waals surface area contributed by atoms with Crippen LogP contribution in [0.3, 0.4) is 0 Å². The molecule has 0 saturated heterocycles. The number of aromatic nitrogens is 1. The highest BCUT2D eigenvalue weighted by molar-refractivity contribution is 9.10. The number of hydrogen-bond donors (Lipinski definition) is 2. The van der Waals surface area contributed by atoms with E-state index in [4.69, 9.17) is 21.9 Å². The van der Waals surface area contributed by atoms with E-state index < -0.39 is 0 Å². The monoisotopic (exact) mass is 553 g/mol. The topological polar surface area (TPSA) is 63.2 Å². The van der Waals surface area contributed by atoms with Gasteiger partial charge in [-0.2, -0.15) is 0 Å². The van der Waals surface area contributed by atoms with Crippen LogP contribution in [0, 0.1) is 6.92 Å². The predicted molar refractivity (Wildman–Crippen MR) is 148 cm³/mol. The van der Waals surface area contributed by atoms with E-state index in [1.54, 1.807) is 29.5 Å². The minimum absolute atomic E-state index is 0.229. The van der Waals surface area contributed by atoms with Crippen molar-refractivity contribution < 1.29 is 9.53 Å². The van der Waals surface area contributed by atoms with Crippen molar-refractivity contribution in [2.45, 2.75) is 26.7 Å². The number of nitrogens with zero attached hydrogens (tertiary/aromatic N) is 1. The fraction of sp³-hybridized carbons (Fsp3) is 0.192. The summed E-state index contributed by atoms with van der Waals surface area (Å²) in [7, 11) is 0. The van der Waals surface area contributed by atoms with E-state index in [1.807, 2.05) is 30.3 Å². The molecule has 0 aliphatic rings. The van der Waals surface area contributed by atoms with E-state index in [9.17, 15) is 4.79 Å². The van der Waals surface area contributed by atoms with Crippen LogP contribution in [0.1, 0.15) is 35.7 Å². The Morgan fingerprint density at radius 1 is 1.12 bits per heavy atom. The molecule has 0 aliphatic carbocycles. The summed E-state index contributed by atoms with van der Waals surface area (Å²) in [6.07, 6.45) is 2.04. The summed E-state index contributed by atoms with van der Waals surface area (Å²) in [5.74, 6) is 0.425. The van der Waals surface area contributed by atoms with Gasteiger partial charge in [-0.15, -0.1) is 11.3 Å². The number of thiazole rings is 1. The van der Waals surface area contributed by atoms with E-state index in [2.05, 4.69) is 52.5 Å². The number of rotatable bonds is 7. The van der Waals surface area contributed by atoms with Crippen LogP contribution in [0.2, 0.25) is 0 Å². The molecule has 5 nitrogen and oxygen atoms in total. The van der Waals surface area contributed by atoms with E-state index in [-0.39, 0.29) is 11.0 Å². The van der Waals surface area contributed by atoms with Crippen molar-refractivity contribution in [3.05, 3.63) is 76.3 Å². The van der Waals surface area contributed by atoms with Crippen LogP contribution in [0.4, 0.5) is 5.69 Å². The molecule has 0 saturated carbocycles. The number of ether oxygens (including phenoxy) is 1. The maximum absolute atomic E-state index is 12.6. The Labute approximate surface area is 216 Å². The van der Waals surface area contributed by atoms with Crippen molar-refractivity contribution in [2.24, 2.45) is 0 Å². The molecule has 1 aromatic heterocycles. The number of carbonyl (C=O) groups excluding carboxylic acids is 1. The Kier molecular flexibility index (Phi) is 7.92. The standard InChI is InChI=1S/C26H24BrN3O2S2/c1-3-4-13-32-22-12-8-18(15-20(22)27)24(31)30-26(33)28-19-9-6-17(7-10-19)25-29-21-11-5-16(2)14-23(21)34-25/h5-12,14-15H,3-4,13H2,1-2H3,(H2,28,30,31,33). The van der Waals surface area contributed by atoms with Gasteiger partial charge in [0.05, 0.1) is 21.3 Å². The first-order chi connectivity index (χ1) is 16.4. The van der Waals surface area contributed by atoms with Crippen LogP contribution in [-0.2, 0) is 0 Å². The second-order valence-corrected chi connectivity index (χ2v) is 10.1. The number of amides is 1. The number of fused-ring (bicyclic) bond motifs is 1. The molecule has 0 fully saturated rings. The lowest BCUT2D eigenvalue weighted by Gasteiger charge is -2.12. The summed E-state index contributed by atoms with van der Waals surface area (Å²) in [5, 5.41) is 6.98. The first kappa shape index (κ1) is 24.3. The Hall–Kier alpha value is -2.81. The third-order valence-corrected chi connectivity index (χ3v) is 7.00. The number of unbranched alkanes of at least 4 members (excludes halogenated alkanes) is 1. The number of nitrogens with one attached hydrogen (secondary N) is 2. The fourth-order valence-corrected chi connectivity index (χ4v) is 5.05. The molecule has 1 heterocycles.